The van der Waals surface area contributed by atoms with Gasteiger partial charge in [-0.15, -0.1) is 0 Å². The quantitative estimate of drug-likeness (QED) is 0.540. The highest BCUT2D eigenvalue weighted by Crippen LogP contribution is 2.41. The Balaban J connectivity index is 2.55. The lowest BCUT2D eigenvalue weighted by molar-refractivity contribution is -0.157. The first-order valence-corrected chi connectivity index (χ1v) is 6.82. The maximum atomic E-state index is 11.3. The molecule has 0 saturated carbocycles. The summed E-state index contributed by atoms with van der Waals surface area (Å²) in [5, 5.41) is 29.8. The molecule has 21 heavy (non-hydrogen) atoms. The molecule has 0 radical (unpaired) electrons. The monoisotopic (exact) mass is 299 g/mol. The average Bonchev–Trinajstić information content (AvgIpc) is 2.63. The van der Waals surface area contributed by atoms with Gasteiger partial charge >= 0.3 is 0 Å². The van der Waals surface area contributed by atoms with Crippen LogP contribution in [-0.4, -0.2) is 49.8 Å². The molecule has 0 aliphatic carbocycles. The number of hydrogen-bond acceptors (Lipinski definition) is 7. The van der Waals surface area contributed by atoms with Crippen molar-refractivity contribution in [3.05, 3.63) is 22.6 Å². The molecule has 4 atom stereocenters. The Morgan fingerprint density at radius 3 is 2.67 bits per heavy atom. The van der Waals surface area contributed by atoms with Crippen LogP contribution in [0.2, 0.25) is 0 Å². The molecule has 0 unspecified atom stereocenters. The number of ether oxygens (including phenoxy) is 1. The van der Waals surface area contributed by atoms with Crippen molar-refractivity contribution in [2.24, 2.45) is 5.92 Å². The van der Waals surface area contributed by atoms with E-state index < -0.39 is 36.2 Å². The molecule has 2 heterocycles. The first-order valence-electron chi connectivity index (χ1n) is 6.82. The minimum absolute atomic E-state index is 0.100. The van der Waals surface area contributed by atoms with Crippen molar-refractivity contribution in [1.29, 1.82) is 0 Å². The summed E-state index contributed by atoms with van der Waals surface area (Å²) in [4.78, 5) is 14.9. The molecular weight excluding hydrogens is 278 g/mol. The Hall–Kier alpha value is -1.48. The summed E-state index contributed by atoms with van der Waals surface area (Å²) in [6.45, 7) is 3.40. The van der Waals surface area contributed by atoms with Crippen LogP contribution >= 0.6 is 0 Å². The molecule has 1 saturated heterocycles. The van der Waals surface area contributed by atoms with Crippen LogP contribution in [0.15, 0.2) is 17.1 Å². The van der Waals surface area contributed by atoms with E-state index in [1.54, 1.807) is 0 Å². The van der Waals surface area contributed by atoms with Crippen molar-refractivity contribution in [2.75, 3.05) is 12.3 Å². The van der Waals surface area contributed by atoms with E-state index in [1.165, 1.54) is 16.8 Å². The fourth-order valence-corrected chi connectivity index (χ4v) is 2.81. The topological polar surface area (TPSA) is 131 Å². The van der Waals surface area contributed by atoms with Crippen LogP contribution in [0.25, 0.3) is 0 Å². The van der Waals surface area contributed by atoms with E-state index in [0.717, 1.165) is 0 Å². The summed E-state index contributed by atoms with van der Waals surface area (Å²) in [6.07, 6.45) is -1.78. The Labute approximate surface area is 121 Å². The Kier molecular flexibility index (Phi) is 4.33. The van der Waals surface area contributed by atoms with Gasteiger partial charge in [-0.1, -0.05) is 13.8 Å². The molecule has 0 amide bonds. The van der Waals surface area contributed by atoms with Crippen LogP contribution in [0.1, 0.15) is 20.3 Å². The van der Waals surface area contributed by atoms with Gasteiger partial charge in [-0.05, 0) is 5.92 Å². The predicted molar refractivity (Wildman–Crippen MR) is 74.3 cm³/mol. The van der Waals surface area contributed by atoms with Gasteiger partial charge in [-0.3, -0.25) is 9.36 Å². The zero-order valence-corrected chi connectivity index (χ0v) is 12.0. The van der Waals surface area contributed by atoms with Gasteiger partial charge < -0.3 is 25.8 Å². The third kappa shape index (κ3) is 2.67. The number of aromatic nitrogens is 2. The van der Waals surface area contributed by atoms with Crippen LogP contribution in [0, 0.1) is 5.92 Å². The number of anilines is 1. The van der Waals surface area contributed by atoms with Gasteiger partial charge in [-0.2, -0.15) is 4.98 Å². The molecule has 0 aromatic carbocycles. The summed E-state index contributed by atoms with van der Waals surface area (Å²) in [7, 11) is 0. The SMILES string of the molecule is CC(C)C[C@@]1(n2ccc(=O)nc2N)O[C@H](CO)[C@@H](O)[C@H]1O. The Bertz CT molecular complexity index is 561. The number of aliphatic hydroxyl groups excluding tert-OH is 3. The molecule has 8 heteroatoms. The lowest BCUT2D eigenvalue weighted by atomic mass is 9.93. The molecule has 1 aliphatic rings. The number of nitrogen functional groups attached to an aromatic ring is 1. The van der Waals surface area contributed by atoms with Gasteiger partial charge in [0.15, 0.2) is 5.72 Å². The first-order chi connectivity index (χ1) is 9.81. The predicted octanol–water partition coefficient (Wildman–Crippen LogP) is -1.36. The lowest BCUT2D eigenvalue weighted by Gasteiger charge is -2.36. The molecule has 8 nitrogen and oxygen atoms in total. The van der Waals surface area contributed by atoms with Gasteiger partial charge in [0.05, 0.1) is 6.61 Å². The van der Waals surface area contributed by atoms with Gasteiger partial charge in [-0.25, -0.2) is 0 Å². The van der Waals surface area contributed by atoms with Crippen LogP contribution < -0.4 is 11.3 Å². The molecular formula is C13H21N3O5. The Morgan fingerprint density at radius 2 is 2.19 bits per heavy atom. The van der Waals surface area contributed by atoms with Crippen molar-refractivity contribution in [3.63, 3.8) is 0 Å². The van der Waals surface area contributed by atoms with E-state index in [9.17, 15) is 20.1 Å². The number of hydrogen-bond donors (Lipinski definition) is 4. The van der Waals surface area contributed by atoms with Crippen molar-refractivity contribution in [2.45, 2.75) is 44.3 Å². The van der Waals surface area contributed by atoms with Gasteiger partial charge in [0.1, 0.15) is 18.3 Å². The van der Waals surface area contributed by atoms with Gasteiger partial charge in [0.2, 0.25) is 5.95 Å². The summed E-state index contributed by atoms with van der Waals surface area (Å²) in [5.41, 5.74) is 3.90. The minimum Gasteiger partial charge on any atom is -0.394 e. The third-order valence-corrected chi connectivity index (χ3v) is 3.65. The number of nitrogens with two attached hydrogens (primary N) is 1. The third-order valence-electron chi connectivity index (χ3n) is 3.65. The number of rotatable bonds is 4. The Morgan fingerprint density at radius 1 is 1.52 bits per heavy atom. The van der Waals surface area contributed by atoms with Crippen LogP contribution in [0.3, 0.4) is 0 Å². The maximum Gasteiger partial charge on any atom is 0.274 e. The van der Waals surface area contributed by atoms with E-state index in [1.807, 2.05) is 13.8 Å². The zero-order valence-electron chi connectivity index (χ0n) is 12.0. The van der Waals surface area contributed by atoms with Crippen LogP contribution in [-0.2, 0) is 10.5 Å². The highest BCUT2D eigenvalue weighted by atomic mass is 16.6. The fraction of sp³-hybridized carbons (Fsp3) is 0.692. The lowest BCUT2D eigenvalue weighted by Crippen LogP contribution is -2.47. The fourth-order valence-electron chi connectivity index (χ4n) is 2.81. The normalized spacial score (nSPS) is 32.8. The number of aliphatic hydroxyl groups is 3. The van der Waals surface area contributed by atoms with E-state index in [-0.39, 0.29) is 11.9 Å². The van der Waals surface area contributed by atoms with Crippen molar-refractivity contribution in [3.8, 4) is 0 Å². The zero-order chi connectivity index (χ0) is 15.8. The average molecular weight is 299 g/mol. The van der Waals surface area contributed by atoms with Crippen molar-refractivity contribution in [1.82, 2.24) is 9.55 Å². The highest BCUT2D eigenvalue weighted by Gasteiger charge is 2.55. The molecule has 0 spiro atoms. The molecule has 1 aliphatic heterocycles. The van der Waals surface area contributed by atoms with E-state index >= 15 is 0 Å². The van der Waals surface area contributed by atoms with Crippen molar-refractivity contribution < 1.29 is 20.1 Å². The maximum absolute atomic E-state index is 11.3. The first kappa shape index (κ1) is 15.9. The molecule has 1 aromatic heterocycles. The molecule has 5 N–H and O–H groups in total. The van der Waals surface area contributed by atoms with Crippen molar-refractivity contribution >= 4 is 5.95 Å². The second-order valence-corrected chi connectivity index (χ2v) is 5.71. The van der Waals surface area contributed by atoms with Gasteiger partial charge in [0, 0.05) is 18.7 Å². The summed E-state index contributed by atoms with van der Waals surface area (Å²) in [5.74, 6) is -0.0175. The molecule has 0 bridgehead atoms. The second-order valence-electron chi connectivity index (χ2n) is 5.71. The summed E-state index contributed by atoms with van der Waals surface area (Å²) in [6, 6.07) is 1.20. The standard InChI is InChI=1S/C13H21N3O5/c1-7(2)5-13(11(20)10(19)8(6-17)21-13)16-4-3-9(18)15-12(16)14/h3-4,7-8,10-11,17,19-20H,5-6H2,1-2H3,(H2,14,15,18)/t8-,10-,11-,13-/m1/s1. The second kappa shape index (κ2) is 5.72. The van der Waals surface area contributed by atoms with E-state index in [4.69, 9.17) is 10.5 Å². The minimum atomic E-state index is -1.37. The highest BCUT2D eigenvalue weighted by molar-refractivity contribution is 5.21. The molecule has 1 aromatic rings. The molecule has 2 rings (SSSR count). The van der Waals surface area contributed by atoms with Crippen LogP contribution in [0.4, 0.5) is 5.95 Å². The van der Waals surface area contributed by atoms with Gasteiger partial charge in [0.25, 0.3) is 5.56 Å². The summed E-state index contributed by atoms with van der Waals surface area (Å²) < 4.78 is 7.08. The van der Waals surface area contributed by atoms with E-state index in [2.05, 4.69) is 4.98 Å². The smallest absolute Gasteiger partial charge is 0.274 e. The largest absolute Gasteiger partial charge is 0.394 e. The number of nitrogens with zero attached hydrogens (tertiary/aromatic N) is 2. The van der Waals surface area contributed by atoms with E-state index in [0.29, 0.717) is 6.42 Å². The molecule has 1 fully saturated rings. The summed E-state index contributed by atoms with van der Waals surface area (Å²) >= 11 is 0. The molecule has 118 valence electrons. The van der Waals surface area contributed by atoms with Crippen LogP contribution in [0.5, 0.6) is 0 Å².